The Hall–Kier alpha value is -7.96. The van der Waals surface area contributed by atoms with Gasteiger partial charge in [0.15, 0.2) is 17.5 Å². The van der Waals surface area contributed by atoms with Gasteiger partial charge in [-0.3, -0.25) is 4.57 Å². The van der Waals surface area contributed by atoms with Crippen molar-refractivity contribution in [2.45, 2.75) is 5.41 Å². The summed E-state index contributed by atoms with van der Waals surface area (Å²) >= 11 is 0. The molecule has 0 fully saturated rings. The Bertz CT molecular complexity index is 3510. The molecule has 6 heteroatoms. The summed E-state index contributed by atoms with van der Waals surface area (Å²) in [5.74, 6) is 2.85. The van der Waals surface area contributed by atoms with Crippen LogP contribution in [0.15, 0.2) is 192 Å². The second-order valence-corrected chi connectivity index (χ2v) is 15.3. The predicted molar refractivity (Wildman–Crippen MR) is 234 cm³/mol. The molecule has 1 unspecified atom stereocenters. The molecule has 1 atom stereocenters. The van der Waals surface area contributed by atoms with Crippen LogP contribution < -0.4 is 0 Å². The van der Waals surface area contributed by atoms with Gasteiger partial charge >= 0.3 is 0 Å². The van der Waals surface area contributed by atoms with E-state index < -0.39 is 5.41 Å². The van der Waals surface area contributed by atoms with E-state index in [2.05, 4.69) is 162 Å². The van der Waals surface area contributed by atoms with Crippen LogP contribution >= 0.6 is 0 Å². The highest BCUT2D eigenvalue weighted by Crippen LogP contribution is 2.61. The molecule has 0 saturated carbocycles. The van der Waals surface area contributed by atoms with Crippen molar-refractivity contribution in [1.82, 2.24) is 24.5 Å². The van der Waals surface area contributed by atoms with Gasteiger partial charge in [0.2, 0.25) is 0 Å². The lowest BCUT2D eigenvalue weighted by Gasteiger charge is -2.27. The molecule has 0 bridgehead atoms. The van der Waals surface area contributed by atoms with Crippen molar-refractivity contribution in [2.75, 3.05) is 0 Å². The smallest absolute Gasteiger partial charge is 0.164 e. The van der Waals surface area contributed by atoms with E-state index in [0.717, 1.165) is 83.4 Å². The fraction of sp³-hybridized carbons (Fsp3) is 0.0189. The number of imidazole rings is 1. The zero-order chi connectivity index (χ0) is 38.7. The number of hydrogen-bond donors (Lipinski definition) is 0. The lowest BCUT2D eigenvalue weighted by molar-refractivity contribution is 0.670. The van der Waals surface area contributed by atoms with E-state index in [4.69, 9.17) is 24.4 Å². The largest absolute Gasteiger partial charge is 0.455 e. The lowest BCUT2D eigenvalue weighted by atomic mass is 9.73. The molecule has 59 heavy (non-hydrogen) atoms. The molecule has 13 rings (SSSR count). The average Bonchev–Trinajstić information content (AvgIpc) is 4.04. The average molecular weight is 754 g/mol. The van der Waals surface area contributed by atoms with Gasteiger partial charge in [-0.2, -0.15) is 0 Å². The van der Waals surface area contributed by atoms with Crippen LogP contribution in [-0.2, 0) is 5.41 Å². The van der Waals surface area contributed by atoms with Crippen molar-refractivity contribution in [2.24, 2.45) is 0 Å². The monoisotopic (exact) mass is 753 g/mol. The SMILES string of the molecule is c1ccc(-c2nc(-c3ccc(-c4cccc5c4oc4ccccc45)cc3)nc(-c3cccc4c3-c3ccccc3C43c4ccccc4-n4c3nc3ccccc34)n2)cc1. The molecule has 0 saturated heterocycles. The Morgan fingerprint density at radius 3 is 1.90 bits per heavy atom. The van der Waals surface area contributed by atoms with Crippen molar-refractivity contribution in [3.05, 3.63) is 211 Å². The first-order valence-electron chi connectivity index (χ1n) is 19.9. The minimum absolute atomic E-state index is 0.606. The van der Waals surface area contributed by atoms with Crippen LogP contribution in [0.1, 0.15) is 22.5 Å². The van der Waals surface area contributed by atoms with Crippen LogP contribution in [0, 0.1) is 0 Å². The van der Waals surface area contributed by atoms with Crippen molar-refractivity contribution in [3.63, 3.8) is 0 Å². The van der Waals surface area contributed by atoms with Gasteiger partial charge in [-0.1, -0.05) is 164 Å². The number of benzene rings is 8. The number of aromatic nitrogens is 5. The van der Waals surface area contributed by atoms with E-state index in [9.17, 15) is 0 Å². The van der Waals surface area contributed by atoms with E-state index in [1.807, 2.05) is 30.3 Å². The third kappa shape index (κ3) is 4.40. The van der Waals surface area contributed by atoms with Crippen LogP contribution in [0.5, 0.6) is 0 Å². The molecule has 8 aromatic carbocycles. The molecular weight excluding hydrogens is 723 g/mol. The highest BCUT2D eigenvalue weighted by molar-refractivity contribution is 6.09. The molecule has 6 nitrogen and oxygen atoms in total. The third-order valence-electron chi connectivity index (χ3n) is 12.3. The first kappa shape index (κ1) is 32.2. The van der Waals surface area contributed by atoms with E-state index >= 15 is 0 Å². The third-order valence-corrected chi connectivity index (χ3v) is 12.3. The van der Waals surface area contributed by atoms with Crippen LogP contribution in [0.3, 0.4) is 0 Å². The van der Waals surface area contributed by atoms with Gasteiger partial charge < -0.3 is 4.42 Å². The summed E-state index contributed by atoms with van der Waals surface area (Å²) in [6.45, 7) is 0. The molecule has 0 radical (unpaired) electrons. The maximum absolute atomic E-state index is 6.39. The predicted octanol–water partition coefficient (Wildman–Crippen LogP) is 12.5. The Morgan fingerprint density at radius 1 is 0.407 bits per heavy atom. The van der Waals surface area contributed by atoms with Gasteiger partial charge in [-0.15, -0.1) is 0 Å². The Balaban J connectivity index is 1.01. The number of fused-ring (bicyclic) bond motifs is 15. The maximum atomic E-state index is 6.39. The molecule has 1 aliphatic heterocycles. The topological polar surface area (TPSA) is 69.6 Å². The Kier molecular flexibility index (Phi) is 6.55. The van der Waals surface area contributed by atoms with Crippen molar-refractivity contribution in [3.8, 4) is 62.1 Å². The van der Waals surface area contributed by atoms with Crippen molar-refractivity contribution >= 4 is 33.0 Å². The summed E-state index contributed by atoms with van der Waals surface area (Å²) in [6.07, 6.45) is 0. The van der Waals surface area contributed by atoms with Gasteiger partial charge in [-0.05, 0) is 57.6 Å². The van der Waals surface area contributed by atoms with E-state index in [0.29, 0.717) is 17.5 Å². The van der Waals surface area contributed by atoms with Crippen LogP contribution in [0.2, 0.25) is 0 Å². The lowest BCUT2D eigenvalue weighted by Crippen LogP contribution is -2.27. The Labute approximate surface area is 338 Å². The highest BCUT2D eigenvalue weighted by atomic mass is 16.3. The number of furan rings is 1. The molecule has 3 aromatic heterocycles. The standard InChI is InChI=1S/C53H31N5O/c1-2-14-33(15-3-1)49-55-50(34-30-28-32(29-31-34)35-18-12-19-37-36-16-5-11-27-46(36)59-48(35)37)57-51(56-49)39-20-13-23-42-47(39)38-17-4-6-21-40(38)53(42)41-22-7-9-25-44(41)58-45-26-10-8-24-43(45)54-52(53)58/h1-31H. The fourth-order valence-corrected chi connectivity index (χ4v) is 9.79. The van der Waals surface area contributed by atoms with Gasteiger partial charge in [-0.25, -0.2) is 19.9 Å². The quantitative estimate of drug-likeness (QED) is 0.179. The van der Waals surface area contributed by atoms with E-state index in [1.54, 1.807) is 0 Å². The molecule has 2 aliphatic rings. The molecule has 1 aliphatic carbocycles. The number of nitrogens with zero attached hydrogens (tertiary/aromatic N) is 5. The zero-order valence-electron chi connectivity index (χ0n) is 31.5. The molecule has 4 heterocycles. The number of para-hydroxylation sites is 5. The summed E-state index contributed by atoms with van der Waals surface area (Å²) in [5.41, 5.74) is 15.1. The molecular formula is C53H31N5O. The molecule has 1 spiro atoms. The van der Waals surface area contributed by atoms with Gasteiger partial charge in [0.25, 0.3) is 0 Å². The van der Waals surface area contributed by atoms with Crippen LogP contribution in [-0.4, -0.2) is 24.5 Å². The van der Waals surface area contributed by atoms with Crippen LogP contribution in [0.4, 0.5) is 0 Å². The summed E-state index contributed by atoms with van der Waals surface area (Å²) in [4.78, 5) is 21.1. The minimum atomic E-state index is -0.631. The second-order valence-electron chi connectivity index (χ2n) is 15.3. The summed E-state index contributed by atoms with van der Waals surface area (Å²) in [5, 5.41) is 2.22. The van der Waals surface area contributed by atoms with Crippen molar-refractivity contribution < 1.29 is 4.42 Å². The molecule has 0 N–H and O–H groups in total. The van der Waals surface area contributed by atoms with Crippen molar-refractivity contribution in [1.29, 1.82) is 0 Å². The first-order valence-corrected chi connectivity index (χ1v) is 19.9. The highest BCUT2D eigenvalue weighted by Gasteiger charge is 2.54. The summed E-state index contributed by atoms with van der Waals surface area (Å²) < 4.78 is 8.75. The summed E-state index contributed by atoms with van der Waals surface area (Å²) in [6, 6.07) is 65.7. The zero-order valence-corrected chi connectivity index (χ0v) is 31.5. The number of hydrogen-bond acceptors (Lipinski definition) is 5. The molecule has 0 amide bonds. The molecule has 274 valence electrons. The first-order chi connectivity index (χ1) is 29.3. The van der Waals surface area contributed by atoms with Gasteiger partial charge in [0.1, 0.15) is 22.4 Å². The fourth-order valence-electron chi connectivity index (χ4n) is 9.79. The van der Waals surface area contributed by atoms with E-state index in [-0.39, 0.29) is 0 Å². The normalized spacial score (nSPS) is 14.8. The number of rotatable bonds is 4. The maximum Gasteiger partial charge on any atom is 0.164 e. The van der Waals surface area contributed by atoms with Crippen LogP contribution in [0.25, 0.3) is 95.1 Å². The minimum Gasteiger partial charge on any atom is -0.455 e. The van der Waals surface area contributed by atoms with Gasteiger partial charge in [0.05, 0.1) is 16.7 Å². The summed E-state index contributed by atoms with van der Waals surface area (Å²) in [7, 11) is 0. The second kappa shape index (κ2) is 12.0. The van der Waals surface area contributed by atoms with E-state index in [1.165, 1.54) is 16.7 Å². The Morgan fingerprint density at radius 2 is 1.02 bits per heavy atom. The molecule has 11 aromatic rings. The van der Waals surface area contributed by atoms with Gasteiger partial charge in [0, 0.05) is 33.0 Å².